The molecule has 3 aliphatic heterocycles. The Labute approximate surface area is 268 Å². The number of hydrogen-bond donors (Lipinski definition) is 1. The molecular weight excluding hydrogens is 580 g/mol. The van der Waals surface area contributed by atoms with Crippen LogP contribution in [0.25, 0.3) is 11.0 Å². The number of carbonyl (C=O) groups is 2. The lowest BCUT2D eigenvalue weighted by Crippen LogP contribution is -2.53. The van der Waals surface area contributed by atoms with E-state index in [9.17, 15) is 19.5 Å². The van der Waals surface area contributed by atoms with Crippen molar-refractivity contribution in [1.29, 1.82) is 0 Å². The maximum atomic E-state index is 14.1. The van der Waals surface area contributed by atoms with E-state index in [4.69, 9.17) is 0 Å². The molecule has 3 aliphatic rings. The summed E-state index contributed by atoms with van der Waals surface area (Å²) in [5, 5.41) is 12.0. The van der Waals surface area contributed by atoms with Crippen LogP contribution in [0.4, 0.5) is 5.69 Å². The first-order valence-corrected chi connectivity index (χ1v) is 16.4. The van der Waals surface area contributed by atoms with Crippen LogP contribution in [-0.4, -0.2) is 79.7 Å². The summed E-state index contributed by atoms with van der Waals surface area (Å²) in [5.41, 5.74) is 4.01. The number of piperidine rings is 2. The van der Waals surface area contributed by atoms with E-state index in [1.807, 2.05) is 48.0 Å². The number of benzene rings is 2. The topological polar surface area (TPSA) is 104 Å². The summed E-state index contributed by atoms with van der Waals surface area (Å²) in [6, 6.07) is 18.5. The summed E-state index contributed by atoms with van der Waals surface area (Å²) in [6.45, 7) is 3.48. The molecule has 46 heavy (non-hydrogen) atoms. The number of nitrogens with zero attached hydrogens (tertiary/aromatic N) is 6. The van der Waals surface area contributed by atoms with Crippen molar-refractivity contribution in [2.24, 2.45) is 13.0 Å². The van der Waals surface area contributed by atoms with E-state index in [1.165, 1.54) is 27.6 Å². The summed E-state index contributed by atoms with van der Waals surface area (Å²) in [5.74, 6) is 0.239. The van der Waals surface area contributed by atoms with Gasteiger partial charge in [0.2, 0.25) is 11.8 Å². The van der Waals surface area contributed by atoms with E-state index in [0.29, 0.717) is 43.4 Å². The van der Waals surface area contributed by atoms with Gasteiger partial charge in [0, 0.05) is 70.4 Å². The number of amides is 2. The van der Waals surface area contributed by atoms with Crippen LogP contribution < -0.4 is 10.5 Å². The molecule has 2 atom stereocenters. The third kappa shape index (κ3) is 5.76. The minimum atomic E-state index is -1.08. The fourth-order valence-electron chi connectivity index (χ4n) is 7.71. The Bertz CT molecular complexity index is 1820. The maximum absolute atomic E-state index is 14.1. The van der Waals surface area contributed by atoms with Crippen LogP contribution in [0.5, 0.6) is 0 Å². The van der Waals surface area contributed by atoms with Gasteiger partial charge in [0.1, 0.15) is 12.0 Å². The van der Waals surface area contributed by atoms with Gasteiger partial charge in [-0.25, -0.2) is 4.98 Å². The Hall–Kier alpha value is -4.28. The molecule has 2 fully saturated rings. The normalized spacial score (nSPS) is 21.8. The molecular formula is C36H42N6O4. The molecule has 0 bridgehead atoms. The van der Waals surface area contributed by atoms with Gasteiger partial charge in [0.15, 0.2) is 0 Å². The second-order valence-corrected chi connectivity index (χ2v) is 13.5. The highest BCUT2D eigenvalue weighted by Crippen LogP contribution is 2.36. The lowest BCUT2D eigenvalue weighted by Gasteiger charge is -2.43. The van der Waals surface area contributed by atoms with Crippen molar-refractivity contribution in [3.05, 3.63) is 94.2 Å². The molecule has 0 unspecified atom stereocenters. The Morgan fingerprint density at radius 3 is 2.57 bits per heavy atom. The van der Waals surface area contributed by atoms with E-state index in [1.54, 1.807) is 11.0 Å². The predicted molar refractivity (Wildman–Crippen MR) is 176 cm³/mol. The Balaban J connectivity index is 1.03. The second-order valence-electron chi connectivity index (χ2n) is 13.5. The van der Waals surface area contributed by atoms with E-state index < -0.39 is 5.60 Å². The molecule has 2 saturated heterocycles. The average molecular weight is 623 g/mol. The molecule has 2 aromatic heterocycles. The quantitative estimate of drug-likeness (QED) is 0.354. The van der Waals surface area contributed by atoms with Crippen LogP contribution in [0.3, 0.4) is 0 Å². The second kappa shape index (κ2) is 12.1. The Morgan fingerprint density at radius 2 is 1.78 bits per heavy atom. The molecule has 0 aliphatic carbocycles. The lowest BCUT2D eigenvalue weighted by molar-refractivity contribution is -0.142. The average Bonchev–Trinajstić information content (AvgIpc) is 3.45. The first kappa shape index (κ1) is 30.4. The Kier molecular flexibility index (Phi) is 8.02. The number of likely N-dealkylation sites (tertiary alicyclic amines) is 2. The minimum absolute atomic E-state index is 0.0619. The predicted octanol–water partition coefficient (Wildman–Crippen LogP) is 3.30. The smallest absolute Gasteiger partial charge is 0.262 e. The third-order valence-corrected chi connectivity index (χ3v) is 10.5. The van der Waals surface area contributed by atoms with E-state index in [-0.39, 0.29) is 35.8 Å². The van der Waals surface area contributed by atoms with Crippen LogP contribution in [-0.2, 0) is 36.1 Å². The van der Waals surface area contributed by atoms with Gasteiger partial charge in [-0.3, -0.25) is 23.9 Å². The van der Waals surface area contributed by atoms with Crippen LogP contribution in [0, 0.1) is 5.92 Å². The molecule has 0 saturated carbocycles. The van der Waals surface area contributed by atoms with Gasteiger partial charge < -0.3 is 19.5 Å². The van der Waals surface area contributed by atoms with Crippen molar-refractivity contribution < 1.29 is 14.7 Å². The van der Waals surface area contributed by atoms with Gasteiger partial charge in [-0.1, -0.05) is 42.5 Å². The first-order chi connectivity index (χ1) is 22.2. The van der Waals surface area contributed by atoms with Crippen molar-refractivity contribution in [3.8, 4) is 0 Å². The molecule has 4 aromatic rings. The van der Waals surface area contributed by atoms with Crippen LogP contribution in [0.1, 0.15) is 48.3 Å². The number of rotatable bonds is 6. The number of anilines is 1. The number of fused-ring (bicyclic) bond motifs is 2. The zero-order chi connectivity index (χ0) is 32.0. The van der Waals surface area contributed by atoms with Crippen LogP contribution >= 0.6 is 0 Å². The van der Waals surface area contributed by atoms with E-state index in [0.717, 1.165) is 38.2 Å². The highest BCUT2D eigenvalue weighted by atomic mass is 16.3. The molecule has 10 nitrogen and oxygen atoms in total. The van der Waals surface area contributed by atoms with Crippen molar-refractivity contribution >= 4 is 28.5 Å². The van der Waals surface area contributed by atoms with E-state index >= 15 is 0 Å². The Morgan fingerprint density at radius 1 is 1.00 bits per heavy atom. The maximum Gasteiger partial charge on any atom is 0.262 e. The number of aromatic nitrogens is 3. The van der Waals surface area contributed by atoms with Crippen LogP contribution in [0.15, 0.2) is 71.9 Å². The van der Waals surface area contributed by atoms with Gasteiger partial charge >= 0.3 is 0 Å². The van der Waals surface area contributed by atoms with Crippen molar-refractivity contribution in [1.82, 2.24) is 23.9 Å². The standard InChI is InChI=1S/C36H42N6O4/c1-38-16-12-29-33(38)37-24-42(35(29)45)23-36(46)14-18-41(19-15-36)34(44)28-13-17-40(22-30(28)26-6-4-3-5-7-26)21-25-8-10-31-27(20-25)9-11-32(43)39(31)2/h3-8,10,12,16,20,24,28,30,46H,9,11,13-15,17-19,21-23H2,1-2H3/t28-,30+/m1/s1. The van der Waals surface area contributed by atoms with Crippen molar-refractivity contribution in [2.75, 3.05) is 38.1 Å². The number of aliphatic hydroxyl groups is 1. The largest absolute Gasteiger partial charge is 0.388 e. The number of aryl methyl sites for hydroxylation is 2. The SMILES string of the molecule is CN1C(=O)CCc2cc(CN3CC[C@@H](C(=O)N4CCC(O)(Cn5cnc6c(ccn6C)c5=O)CC4)[C@H](c4ccccc4)C3)ccc21. The van der Waals surface area contributed by atoms with Gasteiger partial charge in [0.05, 0.1) is 17.5 Å². The van der Waals surface area contributed by atoms with Crippen molar-refractivity contribution in [3.63, 3.8) is 0 Å². The molecule has 1 N–H and O–H groups in total. The van der Waals surface area contributed by atoms with E-state index in [2.05, 4.69) is 40.2 Å². The number of carbonyl (C=O) groups excluding carboxylic acids is 2. The van der Waals surface area contributed by atoms with Gasteiger partial charge in [-0.2, -0.15) is 0 Å². The van der Waals surface area contributed by atoms with Crippen molar-refractivity contribution in [2.45, 2.75) is 56.7 Å². The van der Waals surface area contributed by atoms with Crippen LogP contribution in [0.2, 0.25) is 0 Å². The van der Waals surface area contributed by atoms with Gasteiger partial charge in [-0.05, 0) is 61.1 Å². The summed E-state index contributed by atoms with van der Waals surface area (Å²) < 4.78 is 3.31. The molecule has 7 rings (SSSR count). The summed E-state index contributed by atoms with van der Waals surface area (Å²) in [7, 11) is 3.70. The van der Waals surface area contributed by atoms with Gasteiger partial charge in [0.25, 0.3) is 5.56 Å². The summed E-state index contributed by atoms with van der Waals surface area (Å²) in [4.78, 5) is 49.9. The lowest BCUT2D eigenvalue weighted by atomic mass is 9.79. The summed E-state index contributed by atoms with van der Waals surface area (Å²) in [6.07, 6.45) is 6.23. The summed E-state index contributed by atoms with van der Waals surface area (Å²) >= 11 is 0. The minimum Gasteiger partial charge on any atom is -0.388 e. The highest BCUT2D eigenvalue weighted by Gasteiger charge is 2.41. The zero-order valence-electron chi connectivity index (χ0n) is 26.6. The first-order valence-electron chi connectivity index (χ1n) is 16.4. The number of hydrogen-bond acceptors (Lipinski definition) is 6. The molecule has 2 aromatic carbocycles. The monoisotopic (exact) mass is 622 g/mol. The highest BCUT2D eigenvalue weighted by molar-refractivity contribution is 5.95. The molecule has 240 valence electrons. The fourth-order valence-corrected chi connectivity index (χ4v) is 7.71. The molecule has 10 heteroatoms. The fraction of sp³-hybridized carbons (Fsp3) is 0.444. The molecule has 0 radical (unpaired) electrons. The molecule has 5 heterocycles. The van der Waals surface area contributed by atoms with Gasteiger partial charge in [-0.15, -0.1) is 0 Å². The third-order valence-electron chi connectivity index (χ3n) is 10.5. The molecule has 0 spiro atoms. The zero-order valence-corrected chi connectivity index (χ0v) is 26.6. The molecule has 2 amide bonds.